The lowest BCUT2D eigenvalue weighted by Gasteiger charge is -2.33. The predicted octanol–water partition coefficient (Wildman–Crippen LogP) is 0.845. The first kappa shape index (κ1) is 17.5. The third-order valence-corrected chi connectivity index (χ3v) is 5.95. The van der Waals surface area contributed by atoms with E-state index in [9.17, 15) is 22.0 Å². The minimum Gasteiger partial charge on any atom is -0.336 e. The van der Waals surface area contributed by atoms with Gasteiger partial charge in [-0.2, -0.15) is 9.40 Å². The van der Waals surface area contributed by atoms with Crippen LogP contribution in [0.15, 0.2) is 35.5 Å². The van der Waals surface area contributed by atoms with Gasteiger partial charge < -0.3 is 4.90 Å². The molecular formula is C15H16F2N4O3S. The van der Waals surface area contributed by atoms with Gasteiger partial charge in [0.15, 0.2) is 4.90 Å². The predicted molar refractivity (Wildman–Crippen MR) is 84.2 cm³/mol. The van der Waals surface area contributed by atoms with Gasteiger partial charge in [0.25, 0.3) is 5.91 Å². The number of halogens is 2. The molecule has 2 heterocycles. The highest BCUT2D eigenvalue weighted by Crippen LogP contribution is 2.23. The average Bonchev–Trinajstić information content (AvgIpc) is 3.00. The van der Waals surface area contributed by atoms with Crippen molar-refractivity contribution >= 4 is 15.9 Å². The van der Waals surface area contributed by atoms with Crippen LogP contribution >= 0.6 is 0 Å². The fraction of sp³-hybridized carbons (Fsp3) is 0.333. The highest BCUT2D eigenvalue weighted by atomic mass is 32.2. The fourth-order valence-corrected chi connectivity index (χ4v) is 4.23. The van der Waals surface area contributed by atoms with Gasteiger partial charge in [-0.1, -0.05) is 6.07 Å². The average molecular weight is 370 g/mol. The maximum absolute atomic E-state index is 13.8. The third-order valence-electron chi connectivity index (χ3n) is 3.99. The van der Waals surface area contributed by atoms with E-state index < -0.39 is 26.6 Å². The molecule has 0 unspecified atom stereocenters. The zero-order valence-electron chi connectivity index (χ0n) is 13.4. The highest BCUT2D eigenvalue weighted by molar-refractivity contribution is 7.89. The molecule has 10 heteroatoms. The quantitative estimate of drug-likeness (QED) is 0.803. The van der Waals surface area contributed by atoms with Crippen molar-refractivity contribution in [3.05, 3.63) is 47.8 Å². The molecule has 1 aromatic carbocycles. The van der Waals surface area contributed by atoms with E-state index in [0.29, 0.717) is 5.56 Å². The Hall–Kier alpha value is -2.33. The van der Waals surface area contributed by atoms with E-state index in [2.05, 4.69) is 5.10 Å². The van der Waals surface area contributed by atoms with E-state index in [1.165, 1.54) is 15.8 Å². The first-order chi connectivity index (χ1) is 11.8. The lowest BCUT2D eigenvalue weighted by molar-refractivity contribution is 0.0697. The topological polar surface area (TPSA) is 75.5 Å². The van der Waals surface area contributed by atoms with Crippen molar-refractivity contribution in [2.75, 3.05) is 26.2 Å². The van der Waals surface area contributed by atoms with Crippen molar-refractivity contribution in [3.63, 3.8) is 0 Å². The van der Waals surface area contributed by atoms with Gasteiger partial charge in [-0.3, -0.25) is 9.48 Å². The number of amides is 1. The second-order valence-corrected chi connectivity index (χ2v) is 7.52. The maximum Gasteiger partial charge on any atom is 0.257 e. The molecule has 2 aromatic rings. The summed E-state index contributed by atoms with van der Waals surface area (Å²) in [6.07, 6.45) is 3.00. The van der Waals surface area contributed by atoms with Gasteiger partial charge in [0.05, 0.1) is 11.8 Å². The van der Waals surface area contributed by atoms with Crippen LogP contribution in [0.25, 0.3) is 0 Å². The largest absolute Gasteiger partial charge is 0.336 e. The van der Waals surface area contributed by atoms with Crippen molar-refractivity contribution in [2.45, 2.75) is 4.90 Å². The Morgan fingerprint density at radius 3 is 2.24 bits per heavy atom. The number of benzene rings is 1. The normalized spacial score (nSPS) is 16.2. The molecule has 1 aliphatic rings. The molecule has 1 aromatic heterocycles. The van der Waals surface area contributed by atoms with Crippen LogP contribution in [0.2, 0.25) is 0 Å². The Balaban J connectivity index is 1.75. The van der Waals surface area contributed by atoms with Crippen LogP contribution in [-0.4, -0.2) is 59.5 Å². The standard InChI is InChI=1S/C15H16F2N4O3S/c1-19-10-11(9-18-19)15(22)20-5-7-21(8-6-20)25(23,24)14-12(16)3-2-4-13(14)17/h2-4,9-10H,5-8H2,1H3. The van der Waals surface area contributed by atoms with Crippen LogP contribution in [0.4, 0.5) is 8.78 Å². The number of aromatic nitrogens is 2. The number of sulfonamides is 1. The monoisotopic (exact) mass is 370 g/mol. The second kappa shape index (κ2) is 6.52. The number of rotatable bonds is 3. The molecule has 0 saturated carbocycles. The Morgan fingerprint density at radius 2 is 1.72 bits per heavy atom. The molecule has 1 fully saturated rings. The molecule has 0 atom stereocenters. The Morgan fingerprint density at radius 1 is 1.12 bits per heavy atom. The van der Waals surface area contributed by atoms with Crippen molar-refractivity contribution in [2.24, 2.45) is 7.05 Å². The molecule has 1 aliphatic heterocycles. The summed E-state index contributed by atoms with van der Waals surface area (Å²) >= 11 is 0. The number of carbonyl (C=O) groups is 1. The number of aryl methyl sites for hydroxylation is 1. The summed E-state index contributed by atoms with van der Waals surface area (Å²) in [6, 6.07) is 2.91. The first-order valence-electron chi connectivity index (χ1n) is 7.53. The van der Waals surface area contributed by atoms with Crippen molar-refractivity contribution in [1.82, 2.24) is 19.0 Å². The second-order valence-electron chi connectivity index (χ2n) is 5.65. The van der Waals surface area contributed by atoms with Crippen LogP contribution in [-0.2, 0) is 17.1 Å². The number of hydrogen-bond acceptors (Lipinski definition) is 4. The summed E-state index contributed by atoms with van der Waals surface area (Å²) in [5.41, 5.74) is 0.402. The number of carbonyl (C=O) groups excluding carboxylic acids is 1. The number of nitrogens with zero attached hydrogens (tertiary/aromatic N) is 4. The summed E-state index contributed by atoms with van der Waals surface area (Å²) in [7, 11) is -2.62. The van der Waals surface area contributed by atoms with Crippen molar-refractivity contribution in [3.8, 4) is 0 Å². The summed E-state index contributed by atoms with van der Waals surface area (Å²) in [4.78, 5) is 12.9. The number of hydrogen-bond donors (Lipinski definition) is 0. The lowest BCUT2D eigenvalue weighted by Crippen LogP contribution is -2.50. The van der Waals surface area contributed by atoms with Crippen LogP contribution in [0, 0.1) is 11.6 Å². The Labute approximate surface area is 143 Å². The summed E-state index contributed by atoms with van der Waals surface area (Å²) in [5, 5.41) is 3.93. The van der Waals surface area contributed by atoms with Crippen LogP contribution in [0.3, 0.4) is 0 Å². The van der Waals surface area contributed by atoms with Gasteiger partial charge in [-0.05, 0) is 12.1 Å². The van der Waals surface area contributed by atoms with Gasteiger partial charge in [0.2, 0.25) is 10.0 Å². The van der Waals surface area contributed by atoms with Crippen LogP contribution in [0.5, 0.6) is 0 Å². The highest BCUT2D eigenvalue weighted by Gasteiger charge is 2.34. The van der Waals surface area contributed by atoms with Crippen LogP contribution in [0.1, 0.15) is 10.4 Å². The van der Waals surface area contributed by atoms with Crippen molar-refractivity contribution in [1.29, 1.82) is 0 Å². The molecule has 1 amide bonds. The van der Waals surface area contributed by atoms with E-state index in [1.807, 2.05) is 0 Å². The summed E-state index contributed by atoms with van der Waals surface area (Å²) in [5.74, 6) is -2.52. The number of piperazine rings is 1. The lowest BCUT2D eigenvalue weighted by atomic mass is 10.2. The molecular weight excluding hydrogens is 354 g/mol. The van der Waals surface area contributed by atoms with Gasteiger partial charge in [-0.25, -0.2) is 17.2 Å². The molecule has 0 spiro atoms. The SMILES string of the molecule is Cn1cc(C(=O)N2CCN(S(=O)(=O)c3c(F)cccc3F)CC2)cn1. The zero-order chi connectivity index (χ0) is 18.2. The molecule has 0 N–H and O–H groups in total. The molecule has 3 rings (SSSR count). The molecule has 134 valence electrons. The van der Waals surface area contributed by atoms with Gasteiger partial charge >= 0.3 is 0 Å². The van der Waals surface area contributed by atoms with E-state index in [4.69, 9.17) is 0 Å². The summed E-state index contributed by atoms with van der Waals surface area (Å²) in [6.45, 7) is 0.177. The zero-order valence-corrected chi connectivity index (χ0v) is 14.2. The molecule has 0 radical (unpaired) electrons. The van der Waals surface area contributed by atoms with E-state index in [-0.39, 0.29) is 32.1 Å². The Kier molecular flexibility index (Phi) is 4.56. The van der Waals surface area contributed by atoms with Gasteiger partial charge in [-0.15, -0.1) is 0 Å². The molecule has 7 nitrogen and oxygen atoms in total. The minimum absolute atomic E-state index is 0.0396. The van der Waals surface area contributed by atoms with Gasteiger partial charge in [0.1, 0.15) is 11.6 Å². The smallest absolute Gasteiger partial charge is 0.257 e. The Bertz CT molecular complexity index is 885. The molecule has 1 saturated heterocycles. The van der Waals surface area contributed by atoms with E-state index in [0.717, 1.165) is 22.5 Å². The molecule has 25 heavy (non-hydrogen) atoms. The van der Waals surface area contributed by atoms with E-state index >= 15 is 0 Å². The third kappa shape index (κ3) is 3.27. The summed E-state index contributed by atoms with van der Waals surface area (Å²) < 4.78 is 55.1. The molecule has 0 bridgehead atoms. The van der Waals surface area contributed by atoms with E-state index in [1.54, 1.807) is 13.2 Å². The minimum atomic E-state index is -4.30. The van der Waals surface area contributed by atoms with Gasteiger partial charge in [0, 0.05) is 39.4 Å². The maximum atomic E-state index is 13.8. The van der Waals surface area contributed by atoms with Crippen LogP contribution < -0.4 is 0 Å². The van der Waals surface area contributed by atoms with Crippen molar-refractivity contribution < 1.29 is 22.0 Å². The fourth-order valence-electron chi connectivity index (χ4n) is 2.70. The first-order valence-corrected chi connectivity index (χ1v) is 8.97. The molecule has 0 aliphatic carbocycles.